The molecule has 20 heavy (non-hydrogen) atoms. The van der Waals surface area contributed by atoms with Crippen LogP contribution in [0, 0.1) is 5.41 Å². The maximum absolute atomic E-state index is 12.2. The third-order valence-corrected chi connectivity index (χ3v) is 4.18. The van der Waals surface area contributed by atoms with E-state index >= 15 is 0 Å². The average Bonchev–Trinajstić information content (AvgIpc) is 2.82. The van der Waals surface area contributed by atoms with Crippen LogP contribution in [0.2, 0.25) is 0 Å². The van der Waals surface area contributed by atoms with Crippen LogP contribution in [-0.2, 0) is 4.79 Å². The Kier molecular flexibility index (Phi) is 6.30. The molecule has 0 spiro atoms. The second-order valence-electron chi connectivity index (χ2n) is 6.00. The summed E-state index contributed by atoms with van der Waals surface area (Å²) in [6, 6.07) is 0.0290. The summed E-state index contributed by atoms with van der Waals surface area (Å²) in [5.41, 5.74) is -0.737. The predicted molar refractivity (Wildman–Crippen MR) is 78.7 cm³/mol. The number of aliphatic carboxylic acids is 1. The first-order valence-electron chi connectivity index (χ1n) is 7.74. The summed E-state index contributed by atoms with van der Waals surface area (Å²) in [7, 11) is 0. The molecule has 1 saturated heterocycles. The van der Waals surface area contributed by atoms with Crippen molar-refractivity contribution in [1.29, 1.82) is 0 Å². The Balaban J connectivity index is 2.53. The lowest BCUT2D eigenvalue weighted by Gasteiger charge is -2.25. The molecule has 2 unspecified atom stereocenters. The quantitative estimate of drug-likeness (QED) is 0.755. The third kappa shape index (κ3) is 4.12. The van der Waals surface area contributed by atoms with Crippen LogP contribution in [-0.4, -0.2) is 41.1 Å². The van der Waals surface area contributed by atoms with E-state index in [-0.39, 0.29) is 12.1 Å². The fourth-order valence-corrected chi connectivity index (χ4v) is 2.89. The molecule has 1 fully saturated rings. The highest BCUT2D eigenvalue weighted by Crippen LogP contribution is 2.35. The molecule has 116 valence electrons. The standard InChI is InChI=1S/C15H28N2O3/c1-4-6-7-12(3)16-14(20)17-10-9-15(11-17,8-5-2)13(18)19/h12H,4-11H2,1-3H3,(H,16,20)(H,18,19). The molecule has 0 aromatic rings. The molecule has 1 aliphatic heterocycles. The molecule has 0 saturated carbocycles. The summed E-state index contributed by atoms with van der Waals surface area (Å²) in [6.07, 6.45) is 5.20. The molecular formula is C15H28N2O3. The number of carboxylic acid groups (broad SMARTS) is 1. The molecule has 1 aliphatic rings. The number of nitrogens with one attached hydrogen (secondary N) is 1. The summed E-state index contributed by atoms with van der Waals surface area (Å²) < 4.78 is 0. The number of hydrogen-bond acceptors (Lipinski definition) is 2. The molecule has 2 amide bonds. The lowest BCUT2D eigenvalue weighted by molar-refractivity contribution is -0.148. The van der Waals surface area contributed by atoms with Gasteiger partial charge in [-0.2, -0.15) is 0 Å². The van der Waals surface area contributed by atoms with Crippen LogP contribution >= 0.6 is 0 Å². The molecule has 0 aromatic heterocycles. The molecule has 1 rings (SSSR count). The van der Waals surface area contributed by atoms with Gasteiger partial charge in [-0.3, -0.25) is 4.79 Å². The van der Waals surface area contributed by atoms with Gasteiger partial charge in [-0.25, -0.2) is 4.79 Å². The van der Waals surface area contributed by atoms with Gasteiger partial charge >= 0.3 is 12.0 Å². The van der Waals surface area contributed by atoms with E-state index < -0.39 is 11.4 Å². The summed E-state index contributed by atoms with van der Waals surface area (Å²) in [5.74, 6) is -0.770. The van der Waals surface area contributed by atoms with Crippen molar-refractivity contribution < 1.29 is 14.7 Å². The van der Waals surface area contributed by atoms with Gasteiger partial charge in [-0.05, 0) is 26.2 Å². The van der Waals surface area contributed by atoms with Crippen LogP contribution in [0.5, 0.6) is 0 Å². The Morgan fingerprint density at radius 1 is 1.35 bits per heavy atom. The molecular weight excluding hydrogens is 256 g/mol. The Bertz CT molecular complexity index is 346. The van der Waals surface area contributed by atoms with Crippen LogP contribution in [0.4, 0.5) is 4.79 Å². The molecule has 1 heterocycles. The number of likely N-dealkylation sites (tertiary alicyclic amines) is 1. The van der Waals surface area contributed by atoms with E-state index in [2.05, 4.69) is 12.2 Å². The van der Waals surface area contributed by atoms with Crippen molar-refractivity contribution in [3.63, 3.8) is 0 Å². The summed E-state index contributed by atoms with van der Waals surface area (Å²) in [4.78, 5) is 25.3. The van der Waals surface area contributed by atoms with Crippen LogP contribution in [0.15, 0.2) is 0 Å². The van der Waals surface area contributed by atoms with Gasteiger partial charge < -0.3 is 15.3 Å². The van der Waals surface area contributed by atoms with Crippen molar-refractivity contribution in [3.8, 4) is 0 Å². The second kappa shape index (κ2) is 7.50. The highest BCUT2D eigenvalue weighted by atomic mass is 16.4. The Labute approximate surface area is 121 Å². The fourth-order valence-electron chi connectivity index (χ4n) is 2.89. The number of hydrogen-bond donors (Lipinski definition) is 2. The topological polar surface area (TPSA) is 69.6 Å². The van der Waals surface area contributed by atoms with E-state index in [9.17, 15) is 14.7 Å². The van der Waals surface area contributed by atoms with E-state index in [1.165, 1.54) is 0 Å². The normalized spacial score (nSPS) is 23.6. The van der Waals surface area contributed by atoms with E-state index in [0.29, 0.717) is 25.9 Å². The van der Waals surface area contributed by atoms with Gasteiger partial charge in [0.2, 0.25) is 0 Å². The SMILES string of the molecule is CCCCC(C)NC(=O)N1CCC(CCC)(C(=O)O)C1. The van der Waals surface area contributed by atoms with Crippen molar-refractivity contribution in [2.45, 2.75) is 65.3 Å². The Hall–Kier alpha value is -1.26. The molecule has 0 radical (unpaired) electrons. The maximum atomic E-state index is 12.2. The summed E-state index contributed by atoms with van der Waals surface area (Å²) in [6.45, 7) is 6.99. The van der Waals surface area contributed by atoms with Crippen LogP contribution in [0.1, 0.15) is 59.3 Å². The minimum Gasteiger partial charge on any atom is -0.481 e. The first kappa shape index (κ1) is 16.8. The number of carboxylic acids is 1. The number of rotatable bonds is 7. The van der Waals surface area contributed by atoms with E-state index in [4.69, 9.17) is 0 Å². The van der Waals surface area contributed by atoms with Gasteiger partial charge in [0.15, 0.2) is 0 Å². The first-order valence-corrected chi connectivity index (χ1v) is 7.74. The van der Waals surface area contributed by atoms with Gasteiger partial charge in [0.05, 0.1) is 5.41 Å². The molecule has 2 atom stereocenters. The summed E-state index contributed by atoms with van der Waals surface area (Å²) in [5, 5.41) is 12.4. The van der Waals surface area contributed by atoms with Gasteiger partial charge in [0, 0.05) is 19.1 Å². The predicted octanol–water partition coefficient (Wildman–Crippen LogP) is 2.85. The minimum absolute atomic E-state index is 0.118. The van der Waals surface area contributed by atoms with Crippen molar-refractivity contribution in [2.75, 3.05) is 13.1 Å². The number of amides is 2. The van der Waals surface area contributed by atoms with Gasteiger partial charge in [-0.1, -0.05) is 33.1 Å². The largest absolute Gasteiger partial charge is 0.481 e. The molecule has 0 bridgehead atoms. The average molecular weight is 284 g/mol. The van der Waals surface area contributed by atoms with Crippen molar-refractivity contribution >= 4 is 12.0 Å². The molecule has 2 N–H and O–H groups in total. The first-order chi connectivity index (χ1) is 9.45. The van der Waals surface area contributed by atoms with E-state index in [0.717, 1.165) is 25.7 Å². The second-order valence-corrected chi connectivity index (χ2v) is 6.00. The lowest BCUT2D eigenvalue weighted by atomic mass is 9.83. The zero-order chi connectivity index (χ0) is 15.2. The zero-order valence-electron chi connectivity index (χ0n) is 12.9. The van der Waals surface area contributed by atoms with Crippen LogP contribution in [0.25, 0.3) is 0 Å². The smallest absolute Gasteiger partial charge is 0.317 e. The van der Waals surface area contributed by atoms with E-state index in [1.54, 1.807) is 4.90 Å². The van der Waals surface area contributed by atoms with Gasteiger partial charge in [-0.15, -0.1) is 0 Å². The number of urea groups is 1. The Morgan fingerprint density at radius 2 is 2.05 bits per heavy atom. The zero-order valence-corrected chi connectivity index (χ0v) is 12.9. The number of carbonyl (C=O) groups excluding carboxylic acids is 1. The lowest BCUT2D eigenvalue weighted by Crippen LogP contribution is -2.44. The maximum Gasteiger partial charge on any atom is 0.317 e. The van der Waals surface area contributed by atoms with Gasteiger partial charge in [0.25, 0.3) is 0 Å². The highest BCUT2D eigenvalue weighted by Gasteiger charge is 2.45. The molecule has 5 heteroatoms. The number of unbranched alkanes of at least 4 members (excludes halogenated alkanes) is 1. The van der Waals surface area contributed by atoms with Crippen LogP contribution in [0.3, 0.4) is 0 Å². The van der Waals surface area contributed by atoms with Crippen LogP contribution < -0.4 is 5.32 Å². The number of nitrogens with zero attached hydrogens (tertiary/aromatic N) is 1. The number of carbonyl (C=O) groups is 2. The molecule has 0 aromatic carbocycles. The van der Waals surface area contributed by atoms with E-state index in [1.807, 2.05) is 13.8 Å². The Morgan fingerprint density at radius 3 is 2.60 bits per heavy atom. The molecule has 0 aliphatic carbocycles. The monoisotopic (exact) mass is 284 g/mol. The van der Waals surface area contributed by atoms with Crippen molar-refractivity contribution in [3.05, 3.63) is 0 Å². The van der Waals surface area contributed by atoms with Crippen molar-refractivity contribution in [2.24, 2.45) is 5.41 Å². The molecule has 5 nitrogen and oxygen atoms in total. The van der Waals surface area contributed by atoms with Gasteiger partial charge in [0.1, 0.15) is 0 Å². The third-order valence-electron chi connectivity index (χ3n) is 4.18. The fraction of sp³-hybridized carbons (Fsp3) is 0.867. The van der Waals surface area contributed by atoms with Crippen molar-refractivity contribution in [1.82, 2.24) is 10.2 Å². The highest BCUT2D eigenvalue weighted by molar-refractivity contribution is 5.79. The summed E-state index contributed by atoms with van der Waals surface area (Å²) >= 11 is 0. The minimum atomic E-state index is -0.770.